The van der Waals surface area contributed by atoms with Crippen LogP contribution in [0.3, 0.4) is 0 Å². The highest BCUT2D eigenvalue weighted by Crippen LogP contribution is 2.52. The largest absolute Gasteiger partial charge is 0.493 e. The highest BCUT2D eigenvalue weighted by Gasteiger charge is 2.54. The third kappa shape index (κ3) is 5.36. The fourth-order valence-electron chi connectivity index (χ4n) is 7.29. The van der Waals surface area contributed by atoms with Crippen LogP contribution in [-0.2, 0) is 22.4 Å². The summed E-state index contributed by atoms with van der Waals surface area (Å²) in [6, 6.07) is 15.2. The Kier molecular flexibility index (Phi) is 8.40. The maximum Gasteiger partial charge on any atom is 0.330 e. The molecule has 0 saturated carbocycles. The van der Waals surface area contributed by atoms with Crippen molar-refractivity contribution >= 4 is 12.0 Å². The summed E-state index contributed by atoms with van der Waals surface area (Å²) in [7, 11) is 8.52. The van der Waals surface area contributed by atoms with Gasteiger partial charge in [0.05, 0.1) is 46.6 Å². The number of hydrogen-bond acceptors (Lipinski definition) is 9. The quantitative estimate of drug-likeness (QED) is 0.260. The fraction of sp³-hybridized carbons (Fsp3) is 0.371. The molecule has 10 heteroatoms. The molecule has 234 valence electrons. The zero-order valence-corrected chi connectivity index (χ0v) is 26.0. The maximum absolute atomic E-state index is 13.3. The Morgan fingerprint density at radius 1 is 0.889 bits per heavy atom. The molecule has 3 aliphatic rings. The van der Waals surface area contributed by atoms with Gasteiger partial charge in [-0.25, -0.2) is 9.18 Å². The lowest BCUT2D eigenvalue weighted by molar-refractivity contribution is -0.143. The van der Waals surface area contributed by atoms with Gasteiger partial charge in [-0.05, 0) is 90.2 Å². The number of benzene rings is 3. The van der Waals surface area contributed by atoms with Crippen LogP contribution in [-0.4, -0.2) is 76.0 Å². The average Bonchev–Trinajstić information content (AvgIpc) is 3.05. The molecule has 1 fully saturated rings. The molecule has 45 heavy (non-hydrogen) atoms. The first-order valence-electron chi connectivity index (χ1n) is 14.8. The van der Waals surface area contributed by atoms with E-state index in [9.17, 15) is 14.4 Å². The van der Waals surface area contributed by atoms with E-state index in [-0.39, 0.29) is 30.5 Å². The zero-order chi connectivity index (χ0) is 31.8. The molecule has 0 radical (unpaired) electrons. The number of likely N-dealkylation sites (N-methyl/N-ethyl adjacent to an activating group) is 1. The second kappa shape index (κ2) is 12.4. The Balaban J connectivity index is 1.41. The lowest BCUT2D eigenvalue weighted by Crippen LogP contribution is -2.68. The number of piperazine rings is 1. The Morgan fingerprint density at radius 2 is 1.44 bits per heavy atom. The van der Waals surface area contributed by atoms with Crippen molar-refractivity contribution in [1.82, 2.24) is 9.80 Å². The van der Waals surface area contributed by atoms with Gasteiger partial charge >= 0.3 is 5.97 Å². The molecule has 3 aliphatic heterocycles. The molecule has 0 unspecified atom stereocenters. The number of ether oxygens (including phenoxy) is 5. The first-order valence-corrected chi connectivity index (χ1v) is 14.8. The molecule has 0 aliphatic carbocycles. The minimum Gasteiger partial charge on any atom is -0.493 e. The molecule has 0 spiro atoms. The number of nitriles is 1. The van der Waals surface area contributed by atoms with Crippen molar-refractivity contribution in [1.29, 1.82) is 5.26 Å². The zero-order valence-electron chi connectivity index (χ0n) is 26.0. The van der Waals surface area contributed by atoms with E-state index >= 15 is 0 Å². The third-order valence-electron chi connectivity index (χ3n) is 9.38. The van der Waals surface area contributed by atoms with Crippen LogP contribution in [0.4, 0.5) is 4.39 Å². The predicted molar refractivity (Wildman–Crippen MR) is 165 cm³/mol. The van der Waals surface area contributed by atoms with Crippen molar-refractivity contribution in [2.45, 2.75) is 43.1 Å². The summed E-state index contributed by atoms with van der Waals surface area (Å²) < 4.78 is 41.8. The van der Waals surface area contributed by atoms with Crippen LogP contribution in [0.2, 0.25) is 0 Å². The molecule has 2 bridgehead atoms. The summed E-state index contributed by atoms with van der Waals surface area (Å²) in [6.45, 7) is 0.0195. The van der Waals surface area contributed by atoms with Crippen LogP contribution in [0.5, 0.6) is 23.0 Å². The summed E-state index contributed by atoms with van der Waals surface area (Å²) in [5, 5.41) is 10.7. The van der Waals surface area contributed by atoms with Crippen molar-refractivity contribution < 1.29 is 32.9 Å². The van der Waals surface area contributed by atoms with E-state index in [0.717, 1.165) is 22.3 Å². The van der Waals surface area contributed by atoms with Crippen LogP contribution in [0, 0.1) is 17.1 Å². The van der Waals surface area contributed by atoms with Crippen molar-refractivity contribution in [2.24, 2.45) is 0 Å². The molecule has 3 aromatic carbocycles. The van der Waals surface area contributed by atoms with E-state index in [4.69, 9.17) is 23.7 Å². The Morgan fingerprint density at radius 3 is 2.04 bits per heavy atom. The number of methoxy groups -OCH3 is 4. The normalized spacial score (nSPS) is 23.7. The van der Waals surface area contributed by atoms with Crippen LogP contribution in [0.15, 0.2) is 54.6 Å². The van der Waals surface area contributed by atoms with Crippen molar-refractivity contribution in [3.63, 3.8) is 0 Å². The van der Waals surface area contributed by atoms with Crippen molar-refractivity contribution in [3.8, 4) is 29.1 Å². The van der Waals surface area contributed by atoms with Crippen LogP contribution in [0.1, 0.15) is 39.9 Å². The Bertz CT molecular complexity index is 1670. The first kappa shape index (κ1) is 30.4. The molecule has 0 aromatic heterocycles. The van der Waals surface area contributed by atoms with Gasteiger partial charge in [0.2, 0.25) is 0 Å². The topological polar surface area (TPSA) is 93.5 Å². The maximum atomic E-state index is 13.3. The summed E-state index contributed by atoms with van der Waals surface area (Å²) in [6.07, 6.45) is 4.21. The van der Waals surface area contributed by atoms with Gasteiger partial charge in [-0.15, -0.1) is 0 Å². The van der Waals surface area contributed by atoms with Gasteiger partial charge in [-0.1, -0.05) is 12.1 Å². The third-order valence-corrected chi connectivity index (χ3v) is 9.38. The van der Waals surface area contributed by atoms with E-state index in [1.54, 1.807) is 46.6 Å². The minimum atomic E-state index is -0.534. The summed E-state index contributed by atoms with van der Waals surface area (Å²) >= 11 is 0. The summed E-state index contributed by atoms with van der Waals surface area (Å²) in [5.74, 6) is 1.60. The van der Waals surface area contributed by atoms with Gasteiger partial charge < -0.3 is 23.7 Å². The smallest absolute Gasteiger partial charge is 0.330 e. The molecular formula is C35H36FN3O6. The highest BCUT2D eigenvalue weighted by molar-refractivity contribution is 5.87. The Labute approximate surface area is 262 Å². The second-order valence-electron chi connectivity index (χ2n) is 11.5. The van der Waals surface area contributed by atoms with Gasteiger partial charge in [0, 0.05) is 18.2 Å². The fourth-order valence-corrected chi connectivity index (χ4v) is 7.29. The van der Waals surface area contributed by atoms with E-state index in [1.165, 1.54) is 18.2 Å². The summed E-state index contributed by atoms with van der Waals surface area (Å²) in [5.41, 5.74) is 4.89. The van der Waals surface area contributed by atoms with Crippen molar-refractivity contribution in [2.75, 3.05) is 42.1 Å². The molecule has 3 heterocycles. The van der Waals surface area contributed by atoms with E-state index in [2.05, 4.69) is 29.0 Å². The SMILES string of the molecule is COc1cc2c(cc1OC)[C@@H]1[C@@H]3Cc4cc(OC)c(OC)cc4[C@H](COC(=O)/C=C/c4ccc(F)cc4)N3[C@@H](C#N)[C@H](C2)N1C. The number of nitrogens with zero attached hydrogens (tertiary/aromatic N) is 3. The molecule has 5 atom stereocenters. The van der Waals surface area contributed by atoms with Crippen LogP contribution >= 0.6 is 0 Å². The van der Waals surface area contributed by atoms with Gasteiger partial charge in [0.25, 0.3) is 0 Å². The second-order valence-corrected chi connectivity index (χ2v) is 11.5. The summed E-state index contributed by atoms with van der Waals surface area (Å²) in [4.78, 5) is 17.5. The van der Waals surface area contributed by atoms with Gasteiger partial charge in [0.1, 0.15) is 18.5 Å². The molecule has 6 rings (SSSR count). The molecule has 0 N–H and O–H groups in total. The van der Waals surface area contributed by atoms with E-state index < -0.39 is 18.1 Å². The molecule has 9 nitrogen and oxygen atoms in total. The number of halogens is 1. The van der Waals surface area contributed by atoms with E-state index in [1.807, 2.05) is 18.2 Å². The molecule has 0 amide bonds. The number of hydrogen-bond donors (Lipinski definition) is 0. The number of carbonyl (C=O) groups is 1. The molecule has 1 saturated heterocycles. The van der Waals surface area contributed by atoms with Crippen LogP contribution < -0.4 is 18.9 Å². The lowest BCUT2D eigenvalue weighted by atomic mass is 9.72. The highest BCUT2D eigenvalue weighted by atomic mass is 19.1. The van der Waals surface area contributed by atoms with Crippen molar-refractivity contribution in [3.05, 3.63) is 88.2 Å². The van der Waals surface area contributed by atoms with Crippen LogP contribution in [0.25, 0.3) is 6.08 Å². The minimum absolute atomic E-state index is 0.0195. The van der Waals surface area contributed by atoms with Gasteiger partial charge in [-0.2, -0.15) is 5.26 Å². The number of rotatable bonds is 8. The Hall–Kier alpha value is -4.59. The van der Waals surface area contributed by atoms with E-state index in [0.29, 0.717) is 41.4 Å². The predicted octanol–water partition coefficient (Wildman–Crippen LogP) is 4.89. The monoisotopic (exact) mass is 613 g/mol. The molecule has 3 aromatic rings. The number of carbonyl (C=O) groups excluding carboxylic acids is 1. The number of fused-ring (bicyclic) bond motifs is 7. The molecular weight excluding hydrogens is 577 g/mol. The first-order chi connectivity index (χ1) is 21.8. The van der Waals surface area contributed by atoms with Gasteiger partial charge in [-0.3, -0.25) is 9.80 Å². The standard InChI is InChI=1S/C35H36FN3O6/c1-38-26-12-22-15-31(42-3)33(44-5)17-25(22)35(38)27-13-21-14-30(41-2)32(43-4)16-24(21)29(39(27)28(26)18-37)19-45-34(40)11-8-20-6-9-23(36)10-7-20/h6-11,14-17,26-29,35H,12-13,19H2,1-5H3/b11-8+/t26-,27-,28-,29-,35+/m0/s1. The lowest BCUT2D eigenvalue weighted by Gasteiger charge is -2.59. The van der Waals surface area contributed by atoms with Gasteiger partial charge in [0.15, 0.2) is 23.0 Å². The number of esters is 1. The average molecular weight is 614 g/mol.